The number of nitrogens with zero attached hydrogens (tertiary/aromatic N) is 3. The molecule has 0 aliphatic rings. The van der Waals surface area contributed by atoms with E-state index in [0.29, 0.717) is 6.54 Å². The topological polar surface area (TPSA) is 42.7 Å². The van der Waals surface area contributed by atoms with Crippen LogP contribution in [-0.2, 0) is 5.75 Å². The fourth-order valence-electron chi connectivity index (χ4n) is 2.10. The van der Waals surface area contributed by atoms with Crippen molar-refractivity contribution in [2.75, 3.05) is 12.0 Å². The van der Waals surface area contributed by atoms with Gasteiger partial charge in [-0.25, -0.2) is 4.68 Å². The van der Waals surface area contributed by atoms with Crippen molar-refractivity contribution >= 4 is 29.4 Å². The van der Waals surface area contributed by atoms with E-state index in [0.717, 1.165) is 21.5 Å². The van der Waals surface area contributed by atoms with Crippen molar-refractivity contribution in [1.82, 2.24) is 14.9 Å². The summed E-state index contributed by atoms with van der Waals surface area (Å²) in [7, 11) is 0. The van der Waals surface area contributed by atoms with Crippen LogP contribution in [0.3, 0.4) is 0 Å². The molecule has 1 N–H and O–H groups in total. The molecule has 24 heavy (non-hydrogen) atoms. The van der Waals surface area contributed by atoms with Crippen molar-refractivity contribution in [3.8, 4) is 0 Å². The first-order valence-electron chi connectivity index (χ1n) is 7.54. The average molecular weight is 357 g/mol. The van der Waals surface area contributed by atoms with E-state index in [1.807, 2.05) is 47.1 Å². The minimum atomic E-state index is 0.687. The summed E-state index contributed by atoms with van der Waals surface area (Å²) in [6.07, 6.45) is 5.82. The van der Waals surface area contributed by atoms with Gasteiger partial charge in [0.15, 0.2) is 0 Å². The number of hydrogen-bond acceptors (Lipinski definition) is 4. The van der Waals surface area contributed by atoms with Gasteiger partial charge in [0.05, 0.1) is 0 Å². The van der Waals surface area contributed by atoms with Crippen LogP contribution in [0.15, 0.2) is 72.2 Å². The van der Waals surface area contributed by atoms with Gasteiger partial charge in [-0.3, -0.25) is 0 Å². The van der Waals surface area contributed by atoms with Gasteiger partial charge in [-0.05, 0) is 17.2 Å². The van der Waals surface area contributed by atoms with Gasteiger partial charge < -0.3 is 5.43 Å². The van der Waals surface area contributed by atoms with Crippen molar-refractivity contribution in [1.29, 1.82) is 0 Å². The van der Waals surface area contributed by atoms with E-state index in [9.17, 15) is 0 Å². The van der Waals surface area contributed by atoms with Gasteiger partial charge in [-0.2, -0.15) is 0 Å². The van der Waals surface area contributed by atoms with Crippen molar-refractivity contribution < 1.29 is 0 Å². The molecule has 0 unspecified atom stereocenters. The average Bonchev–Trinajstić information content (AvgIpc) is 3.06. The lowest BCUT2D eigenvalue weighted by Crippen LogP contribution is -2.14. The fraction of sp³-hybridized carbons (Fsp3) is 0.111. The van der Waals surface area contributed by atoms with Crippen molar-refractivity contribution in [2.45, 2.75) is 10.9 Å². The van der Waals surface area contributed by atoms with Crippen molar-refractivity contribution in [3.63, 3.8) is 0 Å². The van der Waals surface area contributed by atoms with Gasteiger partial charge in [0, 0.05) is 17.3 Å². The van der Waals surface area contributed by atoms with Crippen LogP contribution in [0.4, 0.5) is 0 Å². The second-order valence-electron chi connectivity index (χ2n) is 5.04. The smallest absolute Gasteiger partial charge is 0.210 e. The molecular formula is C18H17ClN4S. The van der Waals surface area contributed by atoms with Crippen LogP contribution in [0.5, 0.6) is 0 Å². The molecule has 0 spiro atoms. The Morgan fingerprint density at radius 1 is 1.08 bits per heavy atom. The van der Waals surface area contributed by atoms with E-state index >= 15 is 0 Å². The fourth-order valence-corrected chi connectivity index (χ4v) is 3.27. The molecule has 0 amide bonds. The Hall–Kier alpha value is -2.24. The summed E-state index contributed by atoms with van der Waals surface area (Å²) in [5, 5.41) is 9.69. The Kier molecular flexibility index (Phi) is 5.93. The van der Waals surface area contributed by atoms with Gasteiger partial charge in [-0.15, -0.1) is 10.2 Å². The summed E-state index contributed by atoms with van der Waals surface area (Å²) >= 11 is 7.78. The van der Waals surface area contributed by atoms with Gasteiger partial charge in [0.2, 0.25) is 5.16 Å². The quantitative estimate of drug-likeness (QED) is 0.634. The molecule has 3 rings (SSSR count). The summed E-state index contributed by atoms with van der Waals surface area (Å²) in [5.41, 5.74) is 5.53. The highest BCUT2D eigenvalue weighted by Gasteiger charge is 2.06. The first kappa shape index (κ1) is 16.6. The maximum atomic E-state index is 6.18. The van der Waals surface area contributed by atoms with Crippen molar-refractivity contribution in [3.05, 3.63) is 83.2 Å². The first-order chi connectivity index (χ1) is 11.8. The molecule has 1 heterocycles. The van der Waals surface area contributed by atoms with Gasteiger partial charge in [0.25, 0.3) is 0 Å². The molecule has 0 atom stereocenters. The van der Waals surface area contributed by atoms with Crippen LogP contribution >= 0.6 is 23.4 Å². The zero-order chi connectivity index (χ0) is 16.6. The molecule has 0 aliphatic heterocycles. The third-order valence-electron chi connectivity index (χ3n) is 3.32. The number of benzene rings is 2. The van der Waals surface area contributed by atoms with E-state index in [-0.39, 0.29) is 0 Å². The largest absolute Gasteiger partial charge is 0.319 e. The molecule has 0 aliphatic carbocycles. The van der Waals surface area contributed by atoms with Crippen molar-refractivity contribution in [2.24, 2.45) is 0 Å². The van der Waals surface area contributed by atoms with E-state index in [1.165, 1.54) is 5.56 Å². The molecule has 0 radical (unpaired) electrons. The van der Waals surface area contributed by atoms with Crippen LogP contribution < -0.4 is 5.43 Å². The lowest BCUT2D eigenvalue weighted by Gasteiger charge is -2.08. The van der Waals surface area contributed by atoms with E-state index in [1.54, 1.807) is 18.1 Å². The van der Waals surface area contributed by atoms with E-state index in [4.69, 9.17) is 11.6 Å². The van der Waals surface area contributed by atoms with Crippen LogP contribution in [0.25, 0.3) is 6.08 Å². The SMILES string of the molecule is Clc1ccccc1CSc1nncn1NCC=Cc1ccccc1. The highest BCUT2D eigenvalue weighted by molar-refractivity contribution is 7.98. The highest BCUT2D eigenvalue weighted by atomic mass is 35.5. The predicted molar refractivity (Wildman–Crippen MR) is 101 cm³/mol. The standard InChI is InChI=1S/C18H17ClN4S/c19-17-11-5-4-10-16(17)13-24-18-22-20-14-23(18)21-12-6-9-15-7-2-1-3-8-15/h1-11,14,21H,12-13H2. The zero-order valence-electron chi connectivity index (χ0n) is 13.0. The molecule has 0 saturated heterocycles. The lowest BCUT2D eigenvalue weighted by atomic mass is 10.2. The molecule has 122 valence electrons. The van der Waals surface area contributed by atoms with E-state index in [2.05, 4.69) is 39.9 Å². The normalized spacial score (nSPS) is 11.0. The Balaban J connectivity index is 1.54. The second kappa shape index (κ2) is 8.57. The van der Waals surface area contributed by atoms with Gasteiger partial charge in [0.1, 0.15) is 6.33 Å². The number of halogens is 1. The number of aromatic nitrogens is 3. The number of hydrogen-bond donors (Lipinski definition) is 1. The summed E-state index contributed by atoms with van der Waals surface area (Å²) in [4.78, 5) is 0. The summed E-state index contributed by atoms with van der Waals surface area (Å²) < 4.78 is 1.83. The molecular weight excluding hydrogens is 340 g/mol. The third kappa shape index (κ3) is 4.63. The Bertz CT molecular complexity index is 802. The molecule has 1 aromatic heterocycles. The lowest BCUT2D eigenvalue weighted by molar-refractivity contribution is 0.781. The Labute approximate surface area is 150 Å². The molecule has 4 nitrogen and oxygen atoms in total. The predicted octanol–water partition coefficient (Wildman–Crippen LogP) is 4.48. The van der Waals surface area contributed by atoms with Crippen LogP contribution in [0.1, 0.15) is 11.1 Å². The van der Waals surface area contributed by atoms with Crippen LogP contribution in [-0.4, -0.2) is 21.4 Å². The molecule has 0 fully saturated rings. The zero-order valence-corrected chi connectivity index (χ0v) is 14.5. The number of nitrogens with one attached hydrogen (secondary N) is 1. The van der Waals surface area contributed by atoms with Crippen LogP contribution in [0.2, 0.25) is 5.02 Å². The highest BCUT2D eigenvalue weighted by Crippen LogP contribution is 2.24. The number of thioether (sulfide) groups is 1. The van der Waals surface area contributed by atoms with E-state index < -0.39 is 0 Å². The molecule has 3 aromatic rings. The maximum Gasteiger partial charge on any atom is 0.210 e. The maximum absolute atomic E-state index is 6.18. The second-order valence-corrected chi connectivity index (χ2v) is 6.39. The third-order valence-corrected chi connectivity index (χ3v) is 4.68. The first-order valence-corrected chi connectivity index (χ1v) is 8.91. The summed E-state index contributed by atoms with van der Waals surface area (Å²) in [6, 6.07) is 18.0. The summed E-state index contributed by atoms with van der Waals surface area (Å²) in [6.45, 7) is 0.687. The summed E-state index contributed by atoms with van der Waals surface area (Å²) in [5.74, 6) is 0.750. The number of rotatable bonds is 7. The van der Waals surface area contributed by atoms with Crippen LogP contribution in [0, 0.1) is 0 Å². The molecule has 0 saturated carbocycles. The molecule has 6 heteroatoms. The van der Waals surface area contributed by atoms with Gasteiger partial charge >= 0.3 is 0 Å². The Morgan fingerprint density at radius 3 is 2.71 bits per heavy atom. The van der Waals surface area contributed by atoms with Gasteiger partial charge in [-0.1, -0.05) is 84.0 Å². The Morgan fingerprint density at radius 2 is 1.88 bits per heavy atom. The minimum Gasteiger partial charge on any atom is -0.319 e. The monoisotopic (exact) mass is 356 g/mol. The molecule has 2 aromatic carbocycles. The minimum absolute atomic E-state index is 0.687. The molecule has 0 bridgehead atoms.